The molecule has 0 spiro atoms. The van der Waals surface area contributed by atoms with Gasteiger partial charge < -0.3 is 68.3 Å². The van der Waals surface area contributed by atoms with Crippen LogP contribution < -0.4 is 5.32 Å². The van der Waals surface area contributed by atoms with Crippen LogP contribution in [0.1, 0.15) is 147 Å². The number of ether oxygens (including phenoxy) is 8. The van der Waals surface area contributed by atoms with E-state index < -0.39 is 114 Å². The second-order valence-electron chi connectivity index (χ2n) is 21.3. The fraction of sp³-hybridized carbons (Fsp3) is 0.920. The number of esters is 2. The second-order valence-corrected chi connectivity index (χ2v) is 21.3. The predicted octanol–water partition coefficient (Wildman–Crippen LogP) is 5.88. The Morgan fingerprint density at radius 2 is 1.57 bits per heavy atom. The van der Waals surface area contributed by atoms with Gasteiger partial charge in [0.15, 0.2) is 24.8 Å². The molecule has 4 N–H and O–H groups in total. The minimum Gasteiger partial charge on any atom is -0.459 e. The number of aliphatic hydroxyl groups is 3. The standard InChI is InChI=1S/C50H89N3O15/c1-16-37-50(11,59)42(55)30(4)39(52-61-24-20-23-35-21-18-17-19-22-35)28(2)26-48(9,58)43(68-46-41(67-47(57)51-12)36(53(13)14)25-29(3)62-46)31(5)40(32(6)45(56)65-37)66-38-27-49(10,60-15)44(33(7)63-38)64-34(8)54/h28-33,35-38,40-44,46,55,58-59H,16-27H2,1-15H3,(H,51,57)/b52-39+/t28-,29-,30-,31+,32-,33+,36+,37+,38+,40+,41-,42-,43-,44+,46?,48?,49-,50-/m1/s1. The summed E-state index contributed by atoms with van der Waals surface area (Å²) in [6.07, 6.45) is -2.12. The number of rotatable bonds is 14. The summed E-state index contributed by atoms with van der Waals surface area (Å²) >= 11 is 0. The molecule has 0 aromatic carbocycles. The van der Waals surface area contributed by atoms with Crippen LogP contribution in [0.5, 0.6) is 0 Å². The predicted molar refractivity (Wildman–Crippen MR) is 253 cm³/mol. The van der Waals surface area contributed by atoms with Crippen molar-refractivity contribution in [3.8, 4) is 0 Å². The number of alkyl carbamates (subject to hydrolysis) is 1. The van der Waals surface area contributed by atoms with Gasteiger partial charge in [-0.05, 0) is 93.7 Å². The van der Waals surface area contributed by atoms with Crippen molar-refractivity contribution >= 4 is 23.7 Å². The van der Waals surface area contributed by atoms with Gasteiger partial charge in [0.1, 0.15) is 23.9 Å². The Kier molecular flexibility index (Phi) is 21.4. The van der Waals surface area contributed by atoms with Gasteiger partial charge in [0.25, 0.3) is 0 Å². The molecule has 0 radical (unpaired) electrons. The SMILES string of the molecule is CC[C@@H]1OC(=O)[C@H](C)[C@@H](O[C@H]2C[C@@](C)(OC)[C@@H](OC(C)=O)[C@H](C)O2)[C@H](C)[C@@H](OC2O[C@H](C)C[C@H](N(C)C)[C@H]2OC(=O)NC)C(C)(O)C[C@@H](C)/C(=N\OCCCC2CCCCC2)[C@@H](C)[C@@H](O)[C@]1(C)O. The molecule has 0 bridgehead atoms. The molecule has 3 saturated heterocycles. The maximum atomic E-state index is 14.6. The number of hydrogen-bond acceptors (Lipinski definition) is 17. The van der Waals surface area contributed by atoms with E-state index in [0.29, 0.717) is 24.7 Å². The minimum absolute atomic E-state index is 0.0165. The third-order valence-electron chi connectivity index (χ3n) is 15.3. The average Bonchev–Trinajstić information content (AvgIpc) is 3.27. The Morgan fingerprint density at radius 3 is 2.16 bits per heavy atom. The number of oxime groups is 1. The normalized spacial score (nSPS) is 42.2. The minimum atomic E-state index is -1.96. The molecule has 18 nitrogen and oxygen atoms in total. The van der Waals surface area contributed by atoms with Gasteiger partial charge in [0.05, 0.1) is 53.8 Å². The van der Waals surface area contributed by atoms with Crippen molar-refractivity contribution in [2.75, 3.05) is 34.9 Å². The van der Waals surface area contributed by atoms with E-state index in [1.807, 2.05) is 32.8 Å². The molecule has 3 aliphatic heterocycles. The Balaban J connectivity index is 1.87. The number of aliphatic hydroxyl groups excluding tert-OH is 1. The van der Waals surface area contributed by atoms with E-state index in [2.05, 4.69) is 10.5 Å². The molecule has 4 fully saturated rings. The molecule has 1 saturated carbocycles. The molecule has 18 heteroatoms. The Labute approximate surface area is 406 Å². The smallest absolute Gasteiger partial charge is 0.407 e. The van der Waals surface area contributed by atoms with Crippen LogP contribution >= 0.6 is 0 Å². The highest BCUT2D eigenvalue weighted by Crippen LogP contribution is 2.42. The van der Waals surface area contributed by atoms with Gasteiger partial charge in [-0.2, -0.15) is 0 Å². The summed E-state index contributed by atoms with van der Waals surface area (Å²) < 4.78 is 50.6. The number of cyclic esters (lactones) is 1. The first-order chi connectivity index (χ1) is 31.8. The van der Waals surface area contributed by atoms with Crippen LogP contribution in [0.25, 0.3) is 0 Å². The zero-order chi connectivity index (χ0) is 50.9. The van der Waals surface area contributed by atoms with E-state index in [9.17, 15) is 29.7 Å². The van der Waals surface area contributed by atoms with Crippen molar-refractivity contribution in [1.29, 1.82) is 0 Å². The van der Waals surface area contributed by atoms with Gasteiger partial charge in [0, 0.05) is 45.3 Å². The Morgan fingerprint density at radius 1 is 0.912 bits per heavy atom. The first-order valence-corrected chi connectivity index (χ1v) is 25.2. The number of amides is 1. The fourth-order valence-corrected chi connectivity index (χ4v) is 11.3. The van der Waals surface area contributed by atoms with Crippen LogP contribution in [-0.4, -0.2) is 163 Å². The molecule has 18 atom stereocenters. The van der Waals surface area contributed by atoms with Crippen LogP contribution in [0.15, 0.2) is 5.16 Å². The van der Waals surface area contributed by atoms with Gasteiger partial charge >= 0.3 is 18.0 Å². The van der Waals surface area contributed by atoms with E-state index in [1.165, 1.54) is 60.1 Å². The highest BCUT2D eigenvalue weighted by Gasteiger charge is 2.54. The van der Waals surface area contributed by atoms with Crippen molar-refractivity contribution in [3.05, 3.63) is 0 Å². The third kappa shape index (κ3) is 14.5. The summed E-state index contributed by atoms with van der Waals surface area (Å²) in [5.41, 5.74) is -4.45. The van der Waals surface area contributed by atoms with Gasteiger partial charge in [-0.25, -0.2) is 4.79 Å². The van der Waals surface area contributed by atoms with Gasteiger partial charge in [-0.1, -0.05) is 65.0 Å². The topological polar surface area (TPSA) is 223 Å². The molecule has 2 unspecified atom stereocenters. The molecular weight excluding hydrogens is 883 g/mol. The van der Waals surface area contributed by atoms with E-state index in [4.69, 9.17) is 42.7 Å². The van der Waals surface area contributed by atoms with E-state index in [-0.39, 0.29) is 31.4 Å². The van der Waals surface area contributed by atoms with Crippen molar-refractivity contribution in [2.45, 2.75) is 231 Å². The van der Waals surface area contributed by atoms with Gasteiger partial charge in [0.2, 0.25) is 0 Å². The van der Waals surface area contributed by atoms with Crippen LogP contribution in [0.2, 0.25) is 0 Å². The maximum absolute atomic E-state index is 14.6. The molecule has 0 aromatic rings. The summed E-state index contributed by atoms with van der Waals surface area (Å²) in [6.45, 7) is 18.9. The Bertz CT molecular complexity index is 1640. The largest absolute Gasteiger partial charge is 0.459 e. The quantitative estimate of drug-likeness (QED) is 0.0690. The maximum Gasteiger partial charge on any atom is 0.407 e. The number of likely N-dealkylation sites (N-methyl/N-ethyl adjacent to an activating group) is 1. The fourth-order valence-electron chi connectivity index (χ4n) is 11.3. The molecule has 1 aliphatic carbocycles. The number of nitrogens with zero attached hydrogens (tertiary/aromatic N) is 2. The van der Waals surface area contributed by atoms with Gasteiger partial charge in [-0.15, -0.1) is 0 Å². The van der Waals surface area contributed by atoms with E-state index in [0.717, 1.165) is 12.8 Å². The zero-order valence-electron chi connectivity index (χ0n) is 43.9. The average molecular weight is 972 g/mol. The van der Waals surface area contributed by atoms with Crippen LogP contribution in [-0.2, 0) is 52.3 Å². The molecule has 4 aliphatic rings. The van der Waals surface area contributed by atoms with Crippen molar-refractivity contribution in [1.82, 2.24) is 10.2 Å². The number of carbonyl (C=O) groups excluding carboxylic acids is 3. The first kappa shape index (κ1) is 57.9. The van der Waals surface area contributed by atoms with E-state index in [1.54, 1.807) is 48.5 Å². The molecule has 1 amide bonds. The number of nitrogens with one attached hydrogen (secondary N) is 1. The lowest BCUT2D eigenvalue weighted by Gasteiger charge is -2.49. The third-order valence-corrected chi connectivity index (χ3v) is 15.3. The molecule has 3 heterocycles. The highest BCUT2D eigenvalue weighted by atomic mass is 16.7. The first-order valence-electron chi connectivity index (χ1n) is 25.2. The second kappa shape index (κ2) is 25.1. The molecule has 4 rings (SSSR count). The highest BCUT2D eigenvalue weighted by molar-refractivity contribution is 5.88. The summed E-state index contributed by atoms with van der Waals surface area (Å²) in [4.78, 5) is 47.8. The summed E-state index contributed by atoms with van der Waals surface area (Å²) in [7, 11) is 6.72. The number of hydrogen-bond donors (Lipinski definition) is 4. The number of methoxy groups -OCH3 is 1. The monoisotopic (exact) mass is 972 g/mol. The summed E-state index contributed by atoms with van der Waals surface area (Å²) in [6, 6.07) is -0.358. The van der Waals surface area contributed by atoms with Crippen LogP contribution in [0.3, 0.4) is 0 Å². The van der Waals surface area contributed by atoms with Crippen LogP contribution in [0.4, 0.5) is 4.79 Å². The van der Waals surface area contributed by atoms with Crippen molar-refractivity contribution in [2.24, 2.45) is 34.7 Å². The molecule has 68 heavy (non-hydrogen) atoms. The summed E-state index contributed by atoms with van der Waals surface area (Å²) in [5, 5.41) is 44.6. The summed E-state index contributed by atoms with van der Waals surface area (Å²) in [5.74, 6) is -4.02. The molecule has 394 valence electrons. The lowest BCUT2D eigenvalue weighted by molar-refractivity contribution is -0.318. The zero-order valence-corrected chi connectivity index (χ0v) is 43.9. The molecular formula is C50H89N3O15. The van der Waals surface area contributed by atoms with Gasteiger partial charge in [-0.3, -0.25) is 9.59 Å². The van der Waals surface area contributed by atoms with Crippen molar-refractivity contribution < 1.29 is 72.4 Å². The molecule has 0 aromatic heterocycles. The van der Waals surface area contributed by atoms with Crippen LogP contribution in [0, 0.1) is 29.6 Å². The lowest BCUT2D eigenvalue weighted by atomic mass is 9.73. The number of carbonyl (C=O) groups is 3. The Hall–Kier alpha value is -2.68. The van der Waals surface area contributed by atoms with E-state index >= 15 is 0 Å². The lowest BCUT2D eigenvalue weighted by Crippen LogP contribution is -2.62. The van der Waals surface area contributed by atoms with Crippen molar-refractivity contribution in [3.63, 3.8) is 0 Å².